The molecule has 5 heteroatoms. The summed E-state index contributed by atoms with van der Waals surface area (Å²) in [5.74, 6) is -0.0953. The molecule has 0 aliphatic carbocycles. The molecule has 0 heterocycles. The van der Waals surface area contributed by atoms with Gasteiger partial charge < -0.3 is 9.47 Å². The lowest BCUT2D eigenvalue weighted by atomic mass is 10.3. The Morgan fingerprint density at radius 2 is 2.00 bits per heavy atom. The number of benzene rings is 1. The topological polar surface area (TPSA) is 64.6 Å². The van der Waals surface area contributed by atoms with E-state index >= 15 is 0 Å². The minimum absolute atomic E-state index is 0.289. The van der Waals surface area contributed by atoms with Crippen LogP contribution in [0.15, 0.2) is 42.6 Å². The number of hydrogen-bond donors (Lipinski definition) is 1. The predicted molar refractivity (Wildman–Crippen MR) is 61.4 cm³/mol. The summed E-state index contributed by atoms with van der Waals surface area (Å²) >= 11 is 0. The van der Waals surface area contributed by atoms with Crippen LogP contribution in [-0.4, -0.2) is 18.7 Å². The Labute approximate surface area is 99.0 Å². The molecule has 5 nitrogen and oxygen atoms in total. The number of nitrogens with one attached hydrogen (secondary N) is 1. The monoisotopic (exact) mass is 235 g/mol. The van der Waals surface area contributed by atoms with Gasteiger partial charge in [-0.1, -0.05) is 18.2 Å². The first-order valence-corrected chi connectivity index (χ1v) is 5.09. The van der Waals surface area contributed by atoms with Gasteiger partial charge in [-0.2, -0.15) is 0 Å². The van der Waals surface area contributed by atoms with Crippen LogP contribution in [0.4, 0.5) is 4.79 Å². The van der Waals surface area contributed by atoms with Crippen molar-refractivity contribution in [2.24, 2.45) is 0 Å². The van der Waals surface area contributed by atoms with Crippen molar-refractivity contribution in [2.75, 3.05) is 6.61 Å². The van der Waals surface area contributed by atoms with Gasteiger partial charge in [0.05, 0.1) is 6.61 Å². The summed E-state index contributed by atoms with van der Waals surface area (Å²) in [6.07, 6.45) is 1.61. The van der Waals surface area contributed by atoms with E-state index in [2.05, 4.69) is 10.1 Å². The van der Waals surface area contributed by atoms with Crippen molar-refractivity contribution in [1.82, 2.24) is 5.32 Å². The molecule has 0 atom stereocenters. The maximum absolute atomic E-state index is 11.2. The molecule has 0 spiro atoms. The maximum Gasteiger partial charge on any atom is 0.416 e. The van der Waals surface area contributed by atoms with Gasteiger partial charge in [0.15, 0.2) is 0 Å². The minimum atomic E-state index is -0.670. The Balaban J connectivity index is 2.33. The number of carbonyl (C=O) groups excluding carboxylic acids is 2. The Morgan fingerprint density at radius 3 is 2.65 bits per heavy atom. The third-order valence-corrected chi connectivity index (χ3v) is 1.66. The summed E-state index contributed by atoms with van der Waals surface area (Å²) in [5.41, 5.74) is 0. The van der Waals surface area contributed by atoms with Gasteiger partial charge in [-0.05, 0) is 19.1 Å². The van der Waals surface area contributed by atoms with Crippen molar-refractivity contribution < 1.29 is 19.1 Å². The van der Waals surface area contributed by atoms with Crippen molar-refractivity contribution in [1.29, 1.82) is 0 Å². The first-order valence-electron chi connectivity index (χ1n) is 5.09. The van der Waals surface area contributed by atoms with Gasteiger partial charge in [0.25, 0.3) is 0 Å². The molecule has 0 aliphatic heterocycles. The molecule has 0 radical (unpaired) electrons. The number of hydrogen-bond acceptors (Lipinski definition) is 4. The third-order valence-electron chi connectivity index (χ3n) is 1.66. The smallest absolute Gasteiger partial charge is 0.416 e. The lowest BCUT2D eigenvalue weighted by Gasteiger charge is -2.02. The zero-order chi connectivity index (χ0) is 12.5. The second-order valence-electron chi connectivity index (χ2n) is 2.93. The van der Waals surface area contributed by atoms with E-state index in [1.165, 1.54) is 6.20 Å². The maximum atomic E-state index is 11.2. The molecule has 0 fully saturated rings. The van der Waals surface area contributed by atoms with Crippen LogP contribution in [0.25, 0.3) is 0 Å². The normalized spacial score (nSPS) is 9.94. The van der Waals surface area contributed by atoms with Gasteiger partial charge in [-0.15, -0.1) is 0 Å². The van der Waals surface area contributed by atoms with Crippen molar-refractivity contribution in [3.63, 3.8) is 0 Å². The van der Waals surface area contributed by atoms with E-state index in [-0.39, 0.29) is 6.61 Å². The highest BCUT2D eigenvalue weighted by molar-refractivity contribution is 5.82. The Kier molecular flexibility index (Phi) is 5.30. The highest BCUT2D eigenvalue weighted by atomic mass is 16.6. The number of esters is 1. The molecule has 0 aliphatic rings. The lowest BCUT2D eigenvalue weighted by molar-refractivity contribution is -0.137. The molecule has 17 heavy (non-hydrogen) atoms. The van der Waals surface area contributed by atoms with Crippen LogP contribution >= 0.6 is 0 Å². The van der Waals surface area contributed by atoms with E-state index in [0.717, 1.165) is 6.08 Å². The van der Waals surface area contributed by atoms with Gasteiger partial charge in [0, 0.05) is 12.3 Å². The highest BCUT2D eigenvalue weighted by Crippen LogP contribution is 2.07. The molecule has 0 aromatic heterocycles. The molecule has 1 N–H and O–H groups in total. The van der Waals surface area contributed by atoms with E-state index in [4.69, 9.17) is 4.74 Å². The summed E-state index contributed by atoms with van der Waals surface area (Å²) in [6, 6.07) is 8.60. The van der Waals surface area contributed by atoms with E-state index < -0.39 is 12.1 Å². The average molecular weight is 235 g/mol. The zero-order valence-corrected chi connectivity index (χ0v) is 9.38. The van der Waals surface area contributed by atoms with Gasteiger partial charge in [-0.3, -0.25) is 5.32 Å². The summed E-state index contributed by atoms with van der Waals surface area (Å²) < 4.78 is 9.53. The molecule has 1 aromatic carbocycles. The van der Waals surface area contributed by atoms with Crippen LogP contribution in [0, 0.1) is 0 Å². The van der Waals surface area contributed by atoms with Gasteiger partial charge in [0.1, 0.15) is 5.75 Å². The predicted octanol–water partition coefficient (Wildman–Crippen LogP) is 1.85. The van der Waals surface area contributed by atoms with E-state index in [0.29, 0.717) is 5.75 Å². The number of para-hydroxylation sites is 1. The van der Waals surface area contributed by atoms with Gasteiger partial charge in [-0.25, -0.2) is 9.59 Å². The number of rotatable bonds is 4. The first-order chi connectivity index (χ1) is 8.22. The van der Waals surface area contributed by atoms with Crippen LogP contribution < -0.4 is 10.1 Å². The van der Waals surface area contributed by atoms with Crippen LogP contribution in [0.3, 0.4) is 0 Å². The Hall–Kier alpha value is -2.30. The number of carbonyl (C=O) groups is 2. The van der Waals surface area contributed by atoms with Crippen molar-refractivity contribution >= 4 is 12.1 Å². The summed E-state index contributed by atoms with van der Waals surface area (Å²) in [6.45, 7) is 1.99. The SMILES string of the molecule is CCOC(=O)/C=C/NC(=O)Oc1ccccc1. The fourth-order valence-electron chi connectivity index (χ4n) is 0.993. The lowest BCUT2D eigenvalue weighted by Crippen LogP contribution is -2.21. The zero-order valence-electron chi connectivity index (χ0n) is 9.38. The molecule has 1 aromatic rings. The fraction of sp³-hybridized carbons (Fsp3) is 0.167. The van der Waals surface area contributed by atoms with Crippen molar-refractivity contribution in [3.8, 4) is 5.75 Å². The number of amides is 1. The Bertz CT molecular complexity index is 400. The minimum Gasteiger partial charge on any atom is -0.463 e. The average Bonchev–Trinajstić information content (AvgIpc) is 2.30. The molecule has 90 valence electrons. The summed E-state index contributed by atoms with van der Waals surface area (Å²) in [7, 11) is 0. The van der Waals surface area contributed by atoms with E-state index in [1.54, 1.807) is 31.2 Å². The number of ether oxygens (including phenoxy) is 2. The molecule has 0 bridgehead atoms. The first kappa shape index (κ1) is 12.8. The second-order valence-corrected chi connectivity index (χ2v) is 2.93. The summed E-state index contributed by atoms with van der Waals surface area (Å²) in [4.78, 5) is 22.1. The van der Waals surface area contributed by atoms with E-state index in [1.807, 2.05) is 6.07 Å². The third kappa shape index (κ3) is 5.36. The largest absolute Gasteiger partial charge is 0.463 e. The standard InChI is InChI=1S/C12H13NO4/c1-2-16-11(14)8-9-13-12(15)17-10-6-4-3-5-7-10/h3-9H,2H2,1H3,(H,13,15)/b9-8+. The van der Waals surface area contributed by atoms with Gasteiger partial charge >= 0.3 is 12.1 Å². The molecular formula is C12H13NO4. The molecule has 1 rings (SSSR count). The van der Waals surface area contributed by atoms with Crippen molar-refractivity contribution in [2.45, 2.75) is 6.92 Å². The highest BCUT2D eigenvalue weighted by Gasteiger charge is 2.01. The van der Waals surface area contributed by atoms with Crippen molar-refractivity contribution in [3.05, 3.63) is 42.6 Å². The van der Waals surface area contributed by atoms with Gasteiger partial charge in [0.2, 0.25) is 0 Å². The molecule has 1 amide bonds. The quantitative estimate of drug-likeness (QED) is 0.639. The summed E-state index contributed by atoms with van der Waals surface area (Å²) in [5, 5.41) is 2.28. The molecular weight excluding hydrogens is 222 g/mol. The fourth-order valence-corrected chi connectivity index (χ4v) is 0.993. The Morgan fingerprint density at radius 1 is 1.29 bits per heavy atom. The van der Waals surface area contributed by atoms with Crippen LogP contribution in [0.5, 0.6) is 5.75 Å². The molecule has 0 unspecified atom stereocenters. The van der Waals surface area contributed by atoms with E-state index in [9.17, 15) is 9.59 Å². The molecule has 0 saturated carbocycles. The van der Waals surface area contributed by atoms with Crippen LogP contribution in [0.2, 0.25) is 0 Å². The van der Waals surface area contributed by atoms with Crippen LogP contribution in [-0.2, 0) is 9.53 Å². The van der Waals surface area contributed by atoms with Crippen LogP contribution in [0.1, 0.15) is 6.92 Å². The molecule has 0 saturated heterocycles. The second kappa shape index (κ2) is 7.05.